The van der Waals surface area contributed by atoms with Gasteiger partial charge in [-0.15, -0.1) is 10.2 Å². The maximum absolute atomic E-state index is 5.57. The highest BCUT2D eigenvalue weighted by Gasteiger charge is 2.20. The van der Waals surface area contributed by atoms with Gasteiger partial charge in [0.25, 0.3) is 0 Å². The molecule has 0 aliphatic heterocycles. The first-order chi connectivity index (χ1) is 7.78. The van der Waals surface area contributed by atoms with Crippen molar-refractivity contribution in [3.63, 3.8) is 0 Å². The maximum atomic E-state index is 5.57. The number of hydrogen-bond acceptors (Lipinski definition) is 5. The lowest BCUT2D eigenvalue weighted by molar-refractivity contribution is 0.385. The van der Waals surface area contributed by atoms with Crippen molar-refractivity contribution in [2.24, 2.45) is 18.8 Å². The van der Waals surface area contributed by atoms with Crippen LogP contribution >= 0.6 is 0 Å². The average molecular weight is 224 g/mol. The number of tetrazole rings is 1. The normalized spacial score (nSPS) is 19.1. The van der Waals surface area contributed by atoms with E-state index < -0.39 is 0 Å². The Kier molecular flexibility index (Phi) is 3.84. The standard InChI is InChI=1S/C10H20N6/c1-16-14-10(13-15-16)7-9(12-11)6-8-4-2-3-5-8/h8-9,12H,2-7,11H2,1H3. The molecule has 90 valence electrons. The summed E-state index contributed by atoms with van der Waals surface area (Å²) in [4.78, 5) is 1.48. The van der Waals surface area contributed by atoms with Crippen LogP contribution in [0.3, 0.4) is 0 Å². The number of nitrogens with two attached hydrogens (primary N) is 1. The lowest BCUT2D eigenvalue weighted by Gasteiger charge is -2.17. The minimum absolute atomic E-state index is 0.271. The molecule has 0 spiro atoms. The molecule has 1 unspecified atom stereocenters. The molecule has 0 amide bonds. The van der Waals surface area contributed by atoms with Crippen molar-refractivity contribution < 1.29 is 0 Å². The van der Waals surface area contributed by atoms with Crippen LogP contribution in [0.15, 0.2) is 0 Å². The van der Waals surface area contributed by atoms with Gasteiger partial charge in [0.1, 0.15) is 0 Å². The van der Waals surface area contributed by atoms with Crippen LogP contribution in [0.5, 0.6) is 0 Å². The smallest absolute Gasteiger partial charge is 0.176 e. The molecule has 0 aromatic carbocycles. The molecule has 1 aliphatic carbocycles. The topological polar surface area (TPSA) is 81.7 Å². The van der Waals surface area contributed by atoms with Gasteiger partial charge < -0.3 is 0 Å². The van der Waals surface area contributed by atoms with E-state index in [-0.39, 0.29) is 6.04 Å². The molecule has 1 aromatic rings. The molecule has 1 fully saturated rings. The Balaban J connectivity index is 1.84. The van der Waals surface area contributed by atoms with Crippen molar-refractivity contribution in [3.05, 3.63) is 5.82 Å². The van der Waals surface area contributed by atoms with Gasteiger partial charge in [-0.1, -0.05) is 25.7 Å². The molecule has 1 heterocycles. The van der Waals surface area contributed by atoms with Crippen molar-refractivity contribution in [2.45, 2.75) is 44.6 Å². The molecular weight excluding hydrogens is 204 g/mol. The summed E-state index contributed by atoms with van der Waals surface area (Å²) >= 11 is 0. The van der Waals surface area contributed by atoms with Crippen LogP contribution in [-0.2, 0) is 13.5 Å². The van der Waals surface area contributed by atoms with Crippen molar-refractivity contribution >= 4 is 0 Å². The predicted octanol–water partition coefficient (Wildman–Crippen LogP) is 0.165. The van der Waals surface area contributed by atoms with Crippen LogP contribution in [-0.4, -0.2) is 26.2 Å². The Hall–Kier alpha value is -1.01. The molecule has 3 N–H and O–H groups in total. The van der Waals surface area contributed by atoms with Gasteiger partial charge in [0.05, 0.1) is 7.05 Å². The fraction of sp³-hybridized carbons (Fsp3) is 0.900. The van der Waals surface area contributed by atoms with E-state index >= 15 is 0 Å². The first-order valence-electron chi connectivity index (χ1n) is 5.97. The zero-order chi connectivity index (χ0) is 11.4. The highest BCUT2D eigenvalue weighted by atomic mass is 15.6. The monoisotopic (exact) mass is 224 g/mol. The number of rotatable bonds is 5. The van der Waals surface area contributed by atoms with E-state index in [0.717, 1.165) is 24.6 Å². The predicted molar refractivity (Wildman–Crippen MR) is 60.2 cm³/mol. The Morgan fingerprint density at radius 1 is 1.50 bits per heavy atom. The highest BCUT2D eigenvalue weighted by Crippen LogP contribution is 2.28. The van der Waals surface area contributed by atoms with E-state index in [1.807, 2.05) is 0 Å². The number of nitrogens with zero attached hydrogens (tertiary/aromatic N) is 4. The van der Waals surface area contributed by atoms with Crippen LogP contribution in [0.1, 0.15) is 37.9 Å². The van der Waals surface area contributed by atoms with Crippen LogP contribution in [0.2, 0.25) is 0 Å². The molecular formula is C10H20N6. The molecule has 16 heavy (non-hydrogen) atoms. The van der Waals surface area contributed by atoms with Gasteiger partial charge in [-0.25, -0.2) is 0 Å². The Morgan fingerprint density at radius 3 is 2.81 bits per heavy atom. The van der Waals surface area contributed by atoms with Crippen molar-refractivity contribution in [1.82, 2.24) is 25.6 Å². The van der Waals surface area contributed by atoms with E-state index in [9.17, 15) is 0 Å². The lowest BCUT2D eigenvalue weighted by atomic mass is 9.97. The molecule has 2 rings (SSSR count). The molecule has 1 aliphatic rings. The van der Waals surface area contributed by atoms with E-state index in [4.69, 9.17) is 5.84 Å². The first kappa shape index (κ1) is 11.5. The molecule has 6 nitrogen and oxygen atoms in total. The Bertz CT molecular complexity index is 317. The zero-order valence-electron chi connectivity index (χ0n) is 9.76. The van der Waals surface area contributed by atoms with Gasteiger partial charge in [0.2, 0.25) is 0 Å². The molecule has 0 radical (unpaired) electrons. The summed E-state index contributed by atoms with van der Waals surface area (Å²) in [5.41, 5.74) is 2.87. The number of hydrazine groups is 1. The van der Waals surface area contributed by atoms with Crippen LogP contribution in [0.4, 0.5) is 0 Å². The van der Waals surface area contributed by atoms with E-state index in [1.54, 1.807) is 7.05 Å². The Morgan fingerprint density at radius 2 is 2.25 bits per heavy atom. The summed E-state index contributed by atoms with van der Waals surface area (Å²) in [7, 11) is 1.78. The maximum Gasteiger partial charge on any atom is 0.176 e. The largest absolute Gasteiger partial charge is 0.271 e. The SMILES string of the molecule is Cn1nnc(CC(CC2CCCC2)NN)n1. The third kappa shape index (κ3) is 2.99. The van der Waals surface area contributed by atoms with Crippen molar-refractivity contribution in [1.29, 1.82) is 0 Å². The molecule has 0 bridgehead atoms. The van der Waals surface area contributed by atoms with Crippen LogP contribution < -0.4 is 11.3 Å². The third-order valence-electron chi connectivity index (χ3n) is 3.31. The van der Waals surface area contributed by atoms with Gasteiger partial charge in [0.15, 0.2) is 5.82 Å². The quantitative estimate of drug-likeness (QED) is 0.550. The molecule has 1 saturated carbocycles. The average Bonchev–Trinajstić information content (AvgIpc) is 2.89. The minimum Gasteiger partial charge on any atom is -0.271 e. The van der Waals surface area contributed by atoms with Gasteiger partial charge in [0, 0.05) is 12.5 Å². The second-order valence-corrected chi connectivity index (χ2v) is 4.65. The van der Waals surface area contributed by atoms with Gasteiger partial charge >= 0.3 is 0 Å². The number of hydrogen-bond donors (Lipinski definition) is 2. The first-order valence-corrected chi connectivity index (χ1v) is 5.97. The van der Waals surface area contributed by atoms with Gasteiger partial charge in [-0.2, -0.15) is 4.80 Å². The van der Waals surface area contributed by atoms with E-state index in [1.165, 1.54) is 30.5 Å². The second kappa shape index (κ2) is 5.36. The van der Waals surface area contributed by atoms with Gasteiger partial charge in [-0.3, -0.25) is 11.3 Å². The minimum atomic E-state index is 0.271. The fourth-order valence-corrected chi connectivity index (χ4v) is 2.48. The fourth-order valence-electron chi connectivity index (χ4n) is 2.48. The molecule has 0 saturated heterocycles. The third-order valence-corrected chi connectivity index (χ3v) is 3.31. The van der Waals surface area contributed by atoms with E-state index in [0.29, 0.717) is 0 Å². The van der Waals surface area contributed by atoms with Crippen molar-refractivity contribution in [3.8, 4) is 0 Å². The summed E-state index contributed by atoms with van der Waals surface area (Å²) in [5, 5.41) is 12.0. The summed E-state index contributed by atoms with van der Waals surface area (Å²) in [6.07, 6.45) is 7.30. The zero-order valence-corrected chi connectivity index (χ0v) is 9.76. The number of aryl methyl sites for hydroxylation is 1. The van der Waals surface area contributed by atoms with Crippen LogP contribution in [0.25, 0.3) is 0 Å². The molecule has 1 aromatic heterocycles. The van der Waals surface area contributed by atoms with Gasteiger partial charge in [-0.05, 0) is 17.6 Å². The molecule has 6 heteroatoms. The number of aromatic nitrogens is 4. The molecule has 1 atom stereocenters. The summed E-state index contributed by atoms with van der Waals surface area (Å²) < 4.78 is 0. The summed E-state index contributed by atoms with van der Waals surface area (Å²) in [6.45, 7) is 0. The highest BCUT2D eigenvalue weighted by molar-refractivity contribution is 4.85. The van der Waals surface area contributed by atoms with Crippen molar-refractivity contribution in [2.75, 3.05) is 0 Å². The lowest BCUT2D eigenvalue weighted by Crippen LogP contribution is -2.38. The number of nitrogens with one attached hydrogen (secondary N) is 1. The summed E-state index contributed by atoms with van der Waals surface area (Å²) in [6, 6.07) is 0.271. The van der Waals surface area contributed by atoms with E-state index in [2.05, 4.69) is 20.8 Å². The Labute approximate surface area is 95.6 Å². The van der Waals surface area contributed by atoms with Crippen LogP contribution in [0, 0.1) is 5.92 Å². The second-order valence-electron chi connectivity index (χ2n) is 4.65. The summed E-state index contributed by atoms with van der Waals surface area (Å²) in [5.74, 6) is 7.16.